The second-order valence-corrected chi connectivity index (χ2v) is 15.1. The van der Waals surface area contributed by atoms with Gasteiger partial charge in [-0.3, -0.25) is 4.79 Å². The molecule has 43 heavy (non-hydrogen) atoms. The monoisotopic (exact) mass is 653 g/mol. The van der Waals surface area contributed by atoms with Gasteiger partial charge in [0.15, 0.2) is 9.84 Å². The SMILES string of the molecule is CC1CCC(C)(C(=O)N2CCC3(S(=O)(=O)c4ccc(Cl)cc4)c4ccc(C(F)(C(F)(F)F)C(F)(F)F)cc4CCC23)CC1. The predicted molar refractivity (Wildman–Crippen MR) is 146 cm³/mol. The van der Waals surface area contributed by atoms with Crippen molar-refractivity contribution in [2.45, 2.75) is 92.5 Å². The number of hydrogen-bond acceptors (Lipinski definition) is 3. The fourth-order valence-corrected chi connectivity index (χ4v) is 9.75. The second-order valence-electron chi connectivity index (χ2n) is 12.4. The van der Waals surface area contributed by atoms with Crippen molar-refractivity contribution in [3.05, 3.63) is 64.2 Å². The smallest absolute Gasteiger partial charge is 0.337 e. The van der Waals surface area contributed by atoms with E-state index in [0.717, 1.165) is 18.9 Å². The zero-order valence-electron chi connectivity index (χ0n) is 23.5. The minimum absolute atomic E-state index is 0.0214. The second kappa shape index (κ2) is 10.4. The number of rotatable bonds is 4. The summed E-state index contributed by atoms with van der Waals surface area (Å²) in [5.41, 5.74) is -8.21. The van der Waals surface area contributed by atoms with E-state index in [1.165, 1.54) is 24.3 Å². The van der Waals surface area contributed by atoms with Gasteiger partial charge in [0.25, 0.3) is 0 Å². The number of halogens is 8. The van der Waals surface area contributed by atoms with Crippen molar-refractivity contribution in [1.29, 1.82) is 0 Å². The van der Waals surface area contributed by atoms with Crippen molar-refractivity contribution in [3.8, 4) is 0 Å². The molecule has 2 aliphatic carbocycles. The minimum atomic E-state index is -6.31. The summed E-state index contributed by atoms with van der Waals surface area (Å²) in [7, 11) is -4.41. The number of sulfone groups is 1. The largest absolute Gasteiger partial charge is 0.435 e. The average Bonchev–Trinajstić information content (AvgIpc) is 3.34. The summed E-state index contributed by atoms with van der Waals surface area (Å²) in [6.07, 6.45) is -10.1. The van der Waals surface area contributed by atoms with Crippen molar-refractivity contribution in [3.63, 3.8) is 0 Å². The van der Waals surface area contributed by atoms with Crippen LogP contribution >= 0.6 is 11.6 Å². The number of fused-ring (bicyclic) bond motifs is 3. The van der Waals surface area contributed by atoms with E-state index in [2.05, 4.69) is 6.92 Å². The molecule has 2 aromatic carbocycles. The van der Waals surface area contributed by atoms with Crippen LogP contribution in [0.3, 0.4) is 0 Å². The number of amides is 1. The molecule has 2 aromatic rings. The molecule has 0 N–H and O–H groups in total. The number of likely N-dealkylation sites (tertiary alicyclic amines) is 1. The van der Waals surface area contributed by atoms with Crippen molar-refractivity contribution in [2.75, 3.05) is 6.54 Å². The Morgan fingerprint density at radius 3 is 2.05 bits per heavy atom. The molecule has 236 valence electrons. The van der Waals surface area contributed by atoms with Crippen molar-refractivity contribution < 1.29 is 43.9 Å². The van der Waals surface area contributed by atoms with Crippen LogP contribution in [0.5, 0.6) is 0 Å². The van der Waals surface area contributed by atoms with Crippen LogP contribution in [0.2, 0.25) is 5.02 Å². The Morgan fingerprint density at radius 2 is 1.49 bits per heavy atom. The maximum absolute atomic E-state index is 15.0. The zero-order chi connectivity index (χ0) is 31.8. The van der Waals surface area contributed by atoms with Gasteiger partial charge in [-0.25, -0.2) is 12.8 Å². The first kappa shape index (κ1) is 32.1. The average molecular weight is 654 g/mol. The summed E-state index contributed by atoms with van der Waals surface area (Å²) in [4.78, 5) is 15.5. The van der Waals surface area contributed by atoms with Gasteiger partial charge in [-0.15, -0.1) is 0 Å². The number of carbonyl (C=O) groups is 1. The van der Waals surface area contributed by atoms with Gasteiger partial charge in [-0.05, 0) is 86.3 Å². The highest BCUT2D eigenvalue weighted by atomic mass is 35.5. The van der Waals surface area contributed by atoms with Crippen LogP contribution in [0.25, 0.3) is 0 Å². The van der Waals surface area contributed by atoms with Gasteiger partial charge in [0.2, 0.25) is 5.91 Å². The normalized spacial score (nSPS) is 28.4. The van der Waals surface area contributed by atoms with Gasteiger partial charge in [0, 0.05) is 22.5 Å². The molecule has 0 aromatic heterocycles. The maximum Gasteiger partial charge on any atom is 0.435 e. The van der Waals surface area contributed by atoms with Crippen molar-refractivity contribution in [1.82, 2.24) is 4.90 Å². The Morgan fingerprint density at radius 1 is 0.907 bits per heavy atom. The molecule has 5 rings (SSSR count). The van der Waals surface area contributed by atoms with Crippen LogP contribution in [0.1, 0.15) is 69.1 Å². The third-order valence-electron chi connectivity index (χ3n) is 9.82. The predicted octanol–water partition coefficient (Wildman–Crippen LogP) is 8.06. The van der Waals surface area contributed by atoms with Crippen LogP contribution in [0.15, 0.2) is 47.4 Å². The van der Waals surface area contributed by atoms with E-state index < -0.39 is 49.6 Å². The van der Waals surface area contributed by atoms with Gasteiger partial charge in [0.05, 0.1) is 10.9 Å². The molecule has 1 saturated heterocycles. The molecule has 1 heterocycles. The Labute approximate surface area is 250 Å². The Balaban J connectivity index is 1.67. The Bertz CT molecular complexity index is 1500. The van der Waals surface area contributed by atoms with Gasteiger partial charge >= 0.3 is 18.0 Å². The molecule has 3 aliphatic rings. The van der Waals surface area contributed by atoms with Crippen LogP contribution < -0.4 is 0 Å². The molecule has 0 radical (unpaired) electrons. The summed E-state index contributed by atoms with van der Waals surface area (Å²) < 4.78 is 124. The molecule has 2 unspecified atom stereocenters. The molecule has 13 heteroatoms. The van der Waals surface area contributed by atoms with Crippen LogP contribution in [-0.2, 0) is 31.5 Å². The van der Waals surface area contributed by atoms with Gasteiger partial charge in [-0.2, -0.15) is 26.3 Å². The first-order valence-corrected chi connectivity index (χ1v) is 15.9. The molecule has 1 amide bonds. The number of carbonyl (C=O) groups excluding carboxylic acids is 1. The quantitative estimate of drug-likeness (QED) is 0.314. The third kappa shape index (κ3) is 4.76. The van der Waals surface area contributed by atoms with E-state index in [1.807, 2.05) is 6.92 Å². The number of nitrogens with zero attached hydrogens (tertiary/aromatic N) is 1. The van der Waals surface area contributed by atoms with Crippen molar-refractivity contribution in [2.24, 2.45) is 11.3 Å². The van der Waals surface area contributed by atoms with Gasteiger partial charge in [0.1, 0.15) is 4.75 Å². The standard InChI is InChI=1S/C30H31ClF7NO3S/c1-18-11-13-26(2,14-12-18)25(40)39-16-15-27(43(41,42)22-7-5-21(31)6-8-22)23-9-4-20(17-19(23)3-10-24(27)39)28(32,29(33,34)35)30(36,37)38/h4-9,17-18,24H,3,10-16H2,1-2H3. The van der Waals surface area contributed by atoms with E-state index in [9.17, 15) is 39.6 Å². The molecular formula is C30H31ClF7NO3S. The molecule has 0 spiro atoms. The van der Waals surface area contributed by atoms with E-state index in [0.29, 0.717) is 30.9 Å². The fourth-order valence-electron chi connectivity index (χ4n) is 7.26. The lowest BCUT2D eigenvalue weighted by Gasteiger charge is -2.45. The van der Waals surface area contributed by atoms with E-state index in [4.69, 9.17) is 11.6 Å². The Kier molecular flexibility index (Phi) is 7.72. The summed E-state index contributed by atoms with van der Waals surface area (Å²) in [5.74, 6) is 0.227. The molecule has 4 nitrogen and oxygen atoms in total. The molecule has 1 saturated carbocycles. The zero-order valence-corrected chi connectivity index (χ0v) is 25.0. The molecular weight excluding hydrogens is 623 g/mol. The first-order valence-electron chi connectivity index (χ1n) is 14.1. The van der Waals surface area contributed by atoms with Crippen LogP contribution in [-0.4, -0.2) is 44.2 Å². The summed E-state index contributed by atoms with van der Waals surface area (Å²) in [5, 5.41) is 0.253. The van der Waals surface area contributed by atoms with Crippen LogP contribution in [0, 0.1) is 11.3 Å². The summed E-state index contributed by atoms with van der Waals surface area (Å²) >= 11 is 5.98. The molecule has 2 atom stereocenters. The Hall–Kier alpha value is -2.34. The highest BCUT2D eigenvalue weighted by molar-refractivity contribution is 7.92. The minimum Gasteiger partial charge on any atom is -0.337 e. The number of benzene rings is 2. The lowest BCUT2D eigenvalue weighted by molar-refractivity contribution is -0.348. The topological polar surface area (TPSA) is 54.5 Å². The van der Waals surface area contributed by atoms with Gasteiger partial charge < -0.3 is 4.90 Å². The van der Waals surface area contributed by atoms with Gasteiger partial charge in [-0.1, -0.05) is 43.6 Å². The third-order valence-corrected chi connectivity index (χ3v) is 12.6. The lowest BCUT2D eigenvalue weighted by atomic mass is 9.71. The van der Waals surface area contributed by atoms with E-state index in [1.54, 1.807) is 4.90 Å². The summed E-state index contributed by atoms with van der Waals surface area (Å²) in [6, 6.07) is 6.07. The molecule has 2 fully saturated rings. The summed E-state index contributed by atoms with van der Waals surface area (Å²) in [6.45, 7) is 3.98. The molecule has 0 bridgehead atoms. The fraction of sp³-hybridized carbons (Fsp3) is 0.567. The lowest BCUT2D eigenvalue weighted by Crippen LogP contribution is -2.55. The number of alkyl halides is 7. The number of hydrogen-bond donors (Lipinski definition) is 0. The highest BCUT2D eigenvalue weighted by Crippen LogP contribution is 2.57. The first-order chi connectivity index (χ1) is 19.8. The maximum atomic E-state index is 15.0. The van der Waals surface area contributed by atoms with E-state index in [-0.39, 0.29) is 52.8 Å². The molecule has 1 aliphatic heterocycles. The van der Waals surface area contributed by atoms with Crippen LogP contribution in [0.4, 0.5) is 30.7 Å². The number of aryl methyl sites for hydroxylation is 1. The van der Waals surface area contributed by atoms with Crippen molar-refractivity contribution >= 4 is 27.3 Å². The van der Waals surface area contributed by atoms with E-state index >= 15 is 4.39 Å². The highest BCUT2D eigenvalue weighted by Gasteiger charge is 2.74.